The van der Waals surface area contributed by atoms with Gasteiger partial charge < -0.3 is 5.73 Å². The van der Waals surface area contributed by atoms with Crippen LogP contribution in [-0.2, 0) is 4.79 Å². The van der Waals surface area contributed by atoms with Crippen LogP contribution in [0.2, 0.25) is 0 Å². The predicted molar refractivity (Wildman–Crippen MR) is 40.1 cm³/mol. The molecule has 0 unspecified atom stereocenters. The molecule has 0 radical (unpaired) electrons. The van der Waals surface area contributed by atoms with Gasteiger partial charge in [0, 0.05) is 6.04 Å². The monoisotopic (exact) mass is 145 g/mol. The van der Waals surface area contributed by atoms with Crippen LogP contribution in [0.3, 0.4) is 0 Å². The summed E-state index contributed by atoms with van der Waals surface area (Å²) in [7, 11) is 0. The molecule has 0 aliphatic heterocycles. The Morgan fingerprint density at radius 3 is 2.20 bits per heavy atom. The van der Waals surface area contributed by atoms with Crippen molar-refractivity contribution in [2.75, 3.05) is 0 Å². The zero-order valence-corrected chi connectivity index (χ0v) is 6.64. The van der Waals surface area contributed by atoms with Gasteiger partial charge in [0.15, 0.2) is 0 Å². The Labute approximate surface area is 61.1 Å². The third-order valence-electron chi connectivity index (χ3n) is 0.898. The average molecular weight is 145 g/mol. The van der Waals surface area contributed by atoms with Crippen LogP contribution >= 0.6 is 0 Å². The van der Waals surface area contributed by atoms with E-state index in [2.05, 4.69) is 10.9 Å². The highest BCUT2D eigenvalue weighted by molar-refractivity contribution is 5.80. The molecule has 0 bridgehead atoms. The van der Waals surface area contributed by atoms with E-state index in [1.54, 1.807) is 6.92 Å². The van der Waals surface area contributed by atoms with Crippen molar-refractivity contribution in [1.82, 2.24) is 10.9 Å². The summed E-state index contributed by atoms with van der Waals surface area (Å²) >= 11 is 0. The van der Waals surface area contributed by atoms with Gasteiger partial charge in [0.2, 0.25) is 0 Å². The van der Waals surface area contributed by atoms with Gasteiger partial charge in [-0.3, -0.25) is 10.2 Å². The third kappa shape index (κ3) is 4.29. The molecule has 0 saturated carbocycles. The van der Waals surface area contributed by atoms with Crippen LogP contribution in [0.25, 0.3) is 0 Å². The summed E-state index contributed by atoms with van der Waals surface area (Å²) in [5.41, 5.74) is 10.5. The predicted octanol–water partition coefficient (Wildman–Crippen LogP) is -0.637. The normalized spacial score (nSPS) is 13.3. The summed E-state index contributed by atoms with van der Waals surface area (Å²) < 4.78 is 0. The van der Waals surface area contributed by atoms with Gasteiger partial charge in [0.25, 0.3) is 5.91 Å². The molecule has 60 valence electrons. The molecule has 4 heteroatoms. The van der Waals surface area contributed by atoms with E-state index in [4.69, 9.17) is 5.73 Å². The van der Waals surface area contributed by atoms with Crippen molar-refractivity contribution in [2.24, 2.45) is 5.73 Å². The number of rotatable bonds is 3. The number of hydrazine groups is 1. The molecule has 0 fully saturated rings. The number of amides is 1. The van der Waals surface area contributed by atoms with E-state index in [9.17, 15) is 4.79 Å². The van der Waals surface area contributed by atoms with Crippen LogP contribution in [0.15, 0.2) is 0 Å². The molecule has 1 atom stereocenters. The smallest absolute Gasteiger partial charge is 0.250 e. The van der Waals surface area contributed by atoms with Crippen LogP contribution in [-0.4, -0.2) is 18.0 Å². The van der Waals surface area contributed by atoms with Gasteiger partial charge >= 0.3 is 0 Å². The molecule has 0 heterocycles. The third-order valence-corrected chi connectivity index (χ3v) is 0.898. The maximum absolute atomic E-state index is 10.7. The summed E-state index contributed by atoms with van der Waals surface area (Å²) in [6.45, 7) is 5.50. The first kappa shape index (κ1) is 9.39. The summed E-state index contributed by atoms with van der Waals surface area (Å²) in [6.07, 6.45) is 0. The van der Waals surface area contributed by atoms with E-state index in [-0.39, 0.29) is 11.9 Å². The van der Waals surface area contributed by atoms with E-state index in [1.807, 2.05) is 13.8 Å². The molecular weight excluding hydrogens is 130 g/mol. The first-order valence-electron chi connectivity index (χ1n) is 3.35. The molecule has 1 amide bonds. The Hall–Kier alpha value is -0.610. The Balaban J connectivity index is 3.40. The number of nitrogens with one attached hydrogen (secondary N) is 2. The van der Waals surface area contributed by atoms with Crippen LogP contribution in [0.1, 0.15) is 20.8 Å². The second-order valence-electron chi connectivity index (χ2n) is 2.58. The molecule has 0 spiro atoms. The first-order chi connectivity index (χ1) is 4.54. The highest BCUT2D eigenvalue weighted by Gasteiger charge is 2.05. The zero-order chi connectivity index (χ0) is 8.15. The van der Waals surface area contributed by atoms with E-state index in [0.29, 0.717) is 0 Å². The minimum absolute atomic E-state index is 0.186. The van der Waals surface area contributed by atoms with Gasteiger partial charge in [0.05, 0.1) is 6.04 Å². The number of carbonyl (C=O) groups is 1. The molecule has 0 aliphatic carbocycles. The van der Waals surface area contributed by atoms with Crippen molar-refractivity contribution in [3.63, 3.8) is 0 Å². The Kier molecular flexibility index (Phi) is 3.99. The molecule has 0 aliphatic rings. The van der Waals surface area contributed by atoms with Gasteiger partial charge in [-0.1, -0.05) is 0 Å². The van der Waals surface area contributed by atoms with Crippen LogP contribution in [0.5, 0.6) is 0 Å². The van der Waals surface area contributed by atoms with Gasteiger partial charge in [-0.15, -0.1) is 0 Å². The zero-order valence-electron chi connectivity index (χ0n) is 6.64. The molecule has 4 N–H and O–H groups in total. The molecule has 10 heavy (non-hydrogen) atoms. The number of hydrogen-bond donors (Lipinski definition) is 3. The quantitative estimate of drug-likeness (QED) is 0.463. The SMILES string of the molecule is CC(C)NNC(=O)[C@H](C)N. The van der Waals surface area contributed by atoms with Crippen LogP contribution in [0.4, 0.5) is 0 Å². The van der Waals surface area contributed by atoms with E-state index in [0.717, 1.165) is 0 Å². The highest BCUT2D eigenvalue weighted by Crippen LogP contribution is 1.74. The van der Waals surface area contributed by atoms with Crippen molar-refractivity contribution in [3.8, 4) is 0 Å². The summed E-state index contributed by atoms with van der Waals surface area (Å²) in [5.74, 6) is -0.186. The number of hydrogen-bond acceptors (Lipinski definition) is 3. The molecule has 0 aromatic rings. The molecule has 0 saturated heterocycles. The average Bonchev–Trinajstić information content (AvgIpc) is 1.82. The minimum atomic E-state index is -0.453. The molecule has 0 rings (SSSR count). The van der Waals surface area contributed by atoms with Gasteiger partial charge in [0.1, 0.15) is 0 Å². The van der Waals surface area contributed by atoms with Gasteiger partial charge in [-0.25, -0.2) is 5.43 Å². The largest absolute Gasteiger partial charge is 0.320 e. The maximum atomic E-state index is 10.7. The minimum Gasteiger partial charge on any atom is -0.320 e. The number of nitrogens with two attached hydrogens (primary N) is 1. The van der Waals surface area contributed by atoms with Gasteiger partial charge in [-0.2, -0.15) is 0 Å². The standard InChI is InChI=1S/C6H15N3O/c1-4(2)8-9-6(10)5(3)7/h4-5,8H,7H2,1-3H3,(H,9,10)/t5-/m0/s1. The lowest BCUT2D eigenvalue weighted by molar-refractivity contribution is -0.123. The second kappa shape index (κ2) is 4.24. The van der Waals surface area contributed by atoms with E-state index >= 15 is 0 Å². The van der Waals surface area contributed by atoms with Crippen molar-refractivity contribution in [3.05, 3.63) is 0 Å². The van der Waals surface area contributed by atoms with Crippen molar-refractivity contribution < 1.29 is 4.79 Å². The molecule has 0 aromatic heterocycles. The highest BCUT2D eigenvalue weighted by atomic mass is 16.2. The topological polar surface area (TPSA) is 67.1 Å². The Bertz CT molecular complexity index is 112. The summed E-state index contributed by atoms with van der Waals surface area (Å²) in [4.78, 5) is 10.7. The van der Waals surface area contributed by atoms with Crippen molar-refractivity contribution >= 4 is 5.91 Å². The number of carbonyl (C=O) groups excluding carboxylic acids is 1. The fourth-order valence-electron chi connectivity index (χ4n) is 0.329. The van der Waals surface area contributed by atoms with Crippen LogP contribution < -0.4 is 16.6 Å². The van der Waals surface area contributed by atoms with Crippen LogP contribution in [0, 0.1) is 0 Å². The molecular formula is C6H15N3O. The maximum Gasteiger partial charge on any atom is 0.250 e. The fourth-order valence-corrected chi connectivity index (χ4v) is 0.329. The van der Waals surface area contributed by atoms with E-state index in [1.165, 1.54) is 0 Å². The van der Waals surface area contributed by atoms with Crippen molar-refractivity contribution in [2.45, 2.75) is 32.9 Å². The fraction of sp³-hybridized carbons (Fsp3) is 0.833. The Morgan fingerprint density at radius 1 is 1.40 bits per heavy atom. The summed E-state index contributed by atoms with van der Waals surface area (Å²) in [5, 5.41) is 0. The lowest BCUT2D eigenvalue weighted by atomic mass is 10.3. The summed E-state index contributed by atoms with van der Waals surface area (Å²) in [6, 6.07) is -0.214. The van der Waals surface area contributed by atoms with E-state index < -0.39 is 6.04 Å². The molecule has 4 nitrogen and oxygen atoms in total. The Morgan fingerprint density at radius 2 is 1.90 bits per heavy atom. The lowest BCUT2D eigenvalue weighted by Gasteiger charge is -2.11. The van der Waals surface area contributed by atoms with Gasteiger partial charge in [-0.05, 0) is 20.8 Å². The second-order valence-corrected chi connectivity index (χ2v) is 2.58. The lowest BCUT2D eigenvalue weighted by Crippen LogP contribution is -2.48. The molecule has 0 aromatic carbocycles. The van der Waals surface area contributed by atoms with Crippen molar-refractivity contribution in [1.29, 1.82) is 0 Å². The first-order valence-corrected chi connectivity index (χ1v) is 3.35.